The lowest BCUT2D eigenvalue weighted by molar-refractivity contribution is -0.118. The van der Waals surface area contributed by atoms with Gasteiger partial charge in [-0.3, -0.25) is 4.79 Å². The summed E-state index contributed by atoms with van der Waals surface area (Å²) in [5.74, 6) is -0.118. The molecule has 0 saturated heterocycles. The van der Waals surface area contributed by atoms with Crippen LogP contribution in [0.2, 0.25) is 0 Å². The Morgan fingerprint density at radius 3 is 2.48 bits per heavy atom. The standard InChI is InChI=1S/C23H16BrFN2O2/c24-21-13-16(12-18(14-26)17-7-9-19(25)10-8-17)6-11-22(21)29-15-23(28)27-20-4-2-1-3-5-20/h1-13H,15H2,(H,27,28)/b18-12+. The van der Waals surface area contributed by atoms with Crippen LogP contribution in [0.4, 0.5) is 10.1 Å². The van der Waals surface area contributed by atoms with Gasteiger partial charge in [0, 0.05) is 5.69 Å². The second-order valence-electron chi connectivity index (χ2n) is 6.07. The fourth-order valence-corrected chi connectivity index (χ4v) is 3.07. The van der Waals surface area contributed by atoms with Crippen LogP contribution in [0, 0.1) is 17.1 Å². The first-order chi connectivity index (χ1) is 14.0. The summed E-state index contributed by atoms with van der Waals surface area (Å²) in [5.41, 5.74) is 2.50. The zero-order valence-electron chi connectivity index (χ0n) is 15.2. The summed E-state index contributed by atoms with van der Waals surface area (Å²) in [7, 11) is 0. The molecule has 0 aliphatic heterocycles. The van der Waals surface area contributed by atoms with E-state index in [9.17, 15) is 14.4 Å². The third-order valence-electron chi connectivity index (χ3n) is 3.96. The monoisotopic (exact) mass is 450 g/mol. The van der Waals surface area contributed by atoms with Crippen molar-refractivity contribution in [1.29, 1.82) is 5.26 Å². The van der Waals surface area contributed by atoms with E-state index in [4.69, 9.17) is 4.74 Å². The molecule has 144 valence electrons. The summed E-state index contributed by atoms with van der Waals surface area (Å²) in [6, 6.07) is 22.3. The van der Waals surface area contributed by atoms with Crippen LogP contribution in [0.15, 0.2) is 77.3 Å². The molecule has 0 aliphatic carbocycles. The lowest BCUT2D eigenvalue weighted by Gasteiger charge is -2.10. The average molecular weight is 451 g/mol. The highest BCUT2D eigenvalue weighted by Crippen LogP contribution is 2.28. The Hall–Kier alpha value is -3.43. The number of ether oxygens (including phenoxy) is 1. The molecular weight excluding hydrogens is 435 g/mol. The number of nitrogens with one attached hydrogen (secondary N) is 1. The molecule has 1 amide bonds. The fraction of sp³-hybridized carbons (Fsp3) is 0.0435. The number of carbonyl (C=O) groups is 1. The highest BCUT2D eigenvalue weighted by Gasteiger charge is 2.08. The number of benzene rings is 3. The molecular formula is C23H16BrFN2O2. The summed E-state index contributed by atoms with van der Waals surface area (Å²) in [5, 5.41) is 12.2. The number of carbonyl (C=O) groups excluding carboxylic acids is 1. The van der Waals surface area contributed by atoms with E-state index in [0.29, 0.717) is 27.0 Å². The SMILES string of the molecule is N#C/C(=C\c1ccc(OCC(=O)Nc2ccccc2)c(Br)c1)c1ccc(F)cc1. The fourth-order valence-electron chi connectivity index (χ4n) is 2.56. The number of hydrogen-bond acceptors (Lipinski definition) is 3. The second-order valence-corrected chi connectivity index (χ2v) is 6.92. The van der Waals surface area contributed by atoms with Gasteiger partial charge in [-0.1, -0.05) is 36.4 Å². The number of nitriles is 1. The Labute approximate surface area is 176 Å². The van der Waals surface area contributed by atoms with Gasteiger partial charge in [0.25, 0.3) is 5.91 Å². The highest BCUT2D eigenvalue weighted by atomic mass is 79.9. The minimum Gasteiger partial charge on any atom is -0.483 e. The molecule has 3 aromatic rings. The molecule has 29 heavy (non-hydrogen) atoms. The molecule has 0 heterocycles. The van der Waals surface area contributed by atoms with Crippen LogP contribution in [0.1, 0.15) is 11.1 Å². The number of para-hydroxylation sites is 1. The molecule has 0 saturated carbocycles. The van der Waals surface area contributed by atoms with Gasteiger partial charge in [0.1, 0.15) is 11.6 Å². The predicted octanol–water partition coefficient (Wildman–Crippen LogP) is 5.67. The Morgan fingerprint density at radius 1 is 1.10 bits per heavy atom. The van der Waals surface area contributed by atoms with Crippen molar-refractivity contribution < 1.29 is 13.9 Å². The van der Waals surface area contributed by atoms with E-state index in [0.717, 1.165) is 5.56 Å². The number of halogens is 2. The molecule has 0 radical (unpaired) electrons. The first kappa shape index (κ1) is 20.3. The van der Waals surface area contributed by atoms with Crippen LogP contribution in [0.5, 0.6) is 5.75 Å². The maximum Gasteiger partial charge on any atom is 0.262 e. The lowest BCUT2D eigenvalue weighted by atomic mass is 10.0. The summed E-state index contributed by atoms with van der Waals surface area (Å²) >= 11 is 3.42. The molecule has 0 bridgehead atoms. The van der Waals surface area contributed by atoms with Crippen molar-refractivity contribution in [2.45, 2.75) is 0 Å². The normalized spacial score (nSPS) is 10.9. The predicted molar refractivity (Wildman–Crippen MR) is 115 cm³/mol. The number of hydrogen-bond donors (Lipinski definition) is 1. The summed E-state index contributed by atoms with van der Waals surface area (Å²) in [6.45, 7) is -0.137. The van der Waals surface area contributed by atoms with Crippen molar-refractivity contribution in [2.75, 3.05) is 11.9 Å². The molecule has 0 spiro atoms. The molecule has 3 aromatic carbocycles. The van der Waals surface area contributed by atoms with E-state index in [-0.39, 0.29) is 18.3 Å². The van der Waals surface area contributed by atoms with Gasteiger partial charge in [-0.25, -0.2) is 4.39 Å². The van der Waals surface area contributed by atoms with E-state index in [1.54, 1.807) is 48.5 Å². The van der Waals surface area contributed by atoms with Gasteiger partial charge in [-0.05, 0) is 69.5 Å². The van der Waals surface area contributed by atoms with E-state index in [1.807, 2.05) is 18.2 Å². The number of allylic oxidation sites excluding steroid dienone is 1. The van der Waals surface area contributed by atoms with Gasteiger partial charge in [0.2, 0.25) is 0 Å². The van der Waals surface area contributed by atoms with Crippen LogP contribution < -0.4 is 10.1 Å². The van der Waals surface area contributed by atoms with E-state index >= 15 is 0 Å². The van der Waals surface area contributed by atoms with Gasteiger partial charge in [0.05, 0.1) is 16.1 Å². The van der Waals surface area contributed by atoms with Crippen molar-refractivity contribution in [3.8, 4) is 11.8 Å². The van der Waals surface area contributed by atoms with E-state index in [2.05, 4.69) is 27.3 Å². The molecule has 3 rings (SSSR count). The summed E-state index contributed by atoms with van der Waals surface area (Å²) in [4.78, 5) is 12.0. The largest absolute Gasteiger partial charge is 0.483 e. The first-order valence-corrected chi connectivity index (χ1v) is 9.49. The third-order valence-corrected chi connectivity index (χ3v) is 4.58. The lowest BCUT2D eigenvalue weighted by Crippen LogP contribution is -2.20. The molecule has 0 aliphatic rings. The van der Waals surface area contributed by atoms with Crippen molar-refractivity contribution in [3.05, 3.63) is 94.2 Å². The maximum atomic E-state index is 13.1. The van der Waals surface area contributed by atoms with Crippen molar-refractivity contribution >= 4 is 39.2 Å². The molecule has 4 nitrogen and oxygen atoms in total. The minimum absolute atomic E-state index is 0.137. The van der Waals surface area contributed by atoms with Crippen molar-refractivity contribution in [2.24, 2.45) is 0 Å². The van der Waals surface area contributed by atoms with Gasteiger partial charge in [-0.15, -0.1) is 0 Å². The molecule has 1 N–H and O–H groups in total. The third kappa shape index (κ3) is 5.77. The second kappa shape index (κ2) is 9.67. The zero-order chi connectivity index (χ0) is 20.6. The van der Waals surface area contributed by atoms with Crippen LogP contribution in [0.3, 0.4) is 0 Å². The Balaban J connectivity index is 1.67. The van der Waals surface area contributed by atoms with Crippen LogP contribution in [-0.4, -0.2) is 12.5 Å². The molecule has 0 aromatic heterocycles. The Kier molecular flexibility index (Phi) is 6.77. The maximum absolute atomic E-state index is 13.1. The van der Waals surface area contributed by atoms with E-state index < -0.39 is 0 Å². The van der Waals surface area contributed by atoms with Crippen molar-refractivity contribution in [3.63, 3.8) is 0 Å². The van der Waals surface area contributed by atoms with E-state index in [1.165, 1.54) is 12.1 Å². The van der Waals surface area contributed by atoms with Gasteiger partial charge >= 0.3 is 0 Å². The van der Waals surface area contributed by atoms with Crippen LogP contribution in [-0.2, 0) is 4.79 Å². The Morgan fingerprint density at radius 2 is 1.83 bits per heavy atom. The summed E-state index contributed by atoms with van der Waals surface area (Å²) in [6.07, 6.45) is 1.70. The highest BCUT2D eigenvalue weighted by molar-refractivity contribution is 9.10. The molecule has 0 fully saturated rings. The smallest absolute Gasteiger partial charge is 0.262 e. The van der Waals surface area contributed by atoms with Gasteiger partial charge in [-0.2, -0.15) is 5.26 Å². The topological polar surface area (TPSA) is 62.1 Å². The van der Waals surface area contributed by atoms with Gasteiger partial charge in [0.15, 0.2) is 6.61 Å². The van der Waals surface area contributed by atoms with Crippen LogP contribution in [0.25, 0.3) is 11.6 Å². The quantitative estimate of drug-likeness (QED) is 0.388. The number of anilines is 1. The number of amides is 1. The zero-order valence-corrected chi connectivity index (χ0v) is 16.8. The molecule has 6 heteroatoms. The molecule has 0 atom stereocenters. The minimum atomic E-state index is -0.355. The average Bonchev–Trinajstić information content (AvgIpc) is 2.73. The first-order valence-electron chi connectivity index (χ1n) is 8.70. The van der Waals surface area contributed by atoms with Crippen LogP contribution >= 0.6 is 15.9 Å². The van der Waals surface area contributed by atoms with Crippen molar-refractivity contribution in [1.82, 2.24) is 0 Å². The summed E-state index contributed by atoms with van der Waals surface area (Å²) < 4.78 is 19.3. The number of rotatable bonds is 6. The molecule has 0 unspecified atom stereocenters. The Bertz CT molecular complexity index is 1070. The van der Waals surface area contributed by atoms with Gasteiger partial charge < -0.3 is 10.1 Å². The number of nitrogens with zero attached hydrogens (tertiary/aromatic N) is 1.